The van der Waals surface area contributed by atoms with E-state index in [0.29, 0.717) is 18.1 Å². The quantitative estimate of drug-likeness (QED) is 0.571. The molecule has 0 heterocycles. The fourth-order valence-electron chi connectivity index (χ4n) is 1.83. The average Bonchev–Trinajstić information content (AvgIpc) is 2.15. The predicted octanol–water partition coefficient (Wildman–Crippen LogP) is 4.65. The van der Waals surface area contributed by atoms with Gasteiger partial charge in [-0.25, -0.2) is 0 Å². The van der Waals surface area contributed by atoms with Crippen LogP contribution in [0.1, 0.15) is 67.2 Å². The Morgan fingerprint density at radius 2 is 1.47 bits per heavy atom. The minimum Gasteiger partial charge on any atom is -0.375 e. The van der Waals surface area contributed by atoms with E-state index in [1.165, 1.54) is 25.7 Å². The van der Waals surface area contributed by atoms with Crippen LogP contribution in [0, 0.1) is 11.8 Å². The van der Waals surface area contributed by atoms with Gasteiger partial charge in [0.15, 0.2) is 0 Å². The molecular weight excluding hydrogens is 184 g/mol. The fraction of sp³-hybridized carbons (Fsp3) is 1.00. The molecule has 0 aliphatic heterocycles. The molecule has 0 aliphatic carbocycles. The molecule has 15 heavy (non-hydrogen) atoms. The Labute approximate surface area is 96.6 Å². The summed E-state index contributed by atoms with van der Waals surface area (Å²) in [5.74, 6) is 1.48. The van der Waals surface area contributed by atoms with Crippen LogP contribution >= 0.6 is 0 Å². The van der Waals surface area contributed by atoms with Crippen LogP contribution in [-0.4, -0.2) is 12.2 Å². The third-order valence-corrected chi connectivity index (χ3v) is 3.14. The lowest BCUT2D eigenvalue weighted by Gasteiger charge is -2.24. The summed E-state index contributed by atoms with van der Waals surface area (Å²) in [7, 11) is 0. The number of hydrogen-bond acceptors (Lipinski definition) is 1. The largest absolute Gasteiger partial charge is 0.375 e. The molecule has 0 aromatic heterocycles. The van der Waals surface area contributed by atoms with E-state index in [9.17, 15) is 0 Å². The summed E-state index contributed by atoms with van der Waals surface area (Å²) in [6.07, 6.45) is 5.83. The van der Waals surface area contributed by atoms with Crippen LogP contribution in [0.25, 0.3) is 0 Å². The van der Waals surface area contributed by atoms with Crippen molar-refractivity contribution in [2.24, 2.45) is 11.8 Å². The van der Waals surface area contributed by atoms with Crippen LogP contribution in [0.5, 0.6) is 0 Å². The molecule has 1 heteroatoms. The Bertz CT molecular complexity index is 142. The molecule has 0 N–H and O–H groups in total. The lowest BCUT2D eigenvalue weighted by Crippen LogP contribution is -2.23. The summed E-state index contributed by atoms with van der Waals surface area (Å²) in [4.78, 5) is 0. The number of ether oxygens (including phenoxy) is 1. The highest BCUT2D eigenvalue weighted by atomic mass is 16.5. The van der Waals surface area contributed by atoms with Crippen molar-refractivity contribution in [3.05, 3.63) is 0 Å². The van der Waals surface area contributed by atoms with E-state index >= 15 is 0 Å². The second-order valence-corrected chi connectivity index (χ2v) is 5.39. The van der Waals surface area contributed by atoms with Gasteiger partial charge in [-0.1, -0.05) is 34.1 Å². The summed E-state index contributed by atoms with van der Waals surface area (Å²) in [5, 5.41) is 0. The van der Waals surface area contributed by atoms with E-state index in [0.717, 1.165) is 5.92 Å². The maximum atomic E-state index is 6.02. The van der Waals surface area contributed by atoms with Crippen molar-refractivity contribution in [1.29, 1.82) is 0 Å². The van der Waals surface area contributed by atoms with E-state index in [1.807, 2.05) is 0 Å². The number of rotatable bonds is 8. The minimum atomic E-state index is 0.409. The van der Waals surface area contributed by atoms with E-state index in [4.69, 9.17) is 4.74 Å². The molecule has 0 aromatic carbocycles. The zero-order valence-corrected chi connectivity index (χ0v) is 11.5. The van der Waals surface area contributed by atoms with Gasteiger partial charge in [-0.2, -0.15) is 0 Å². The van der Waals surface area contributed by atoms with Crippen molar-refractivity contribution in [3.8, 4) is 0 Å². The molecule has 0 saturated carbocycles. The van der Waals surface area contributed by atoms with Crippen molar-refractivity contribution in [2.45, 2.75) is 79.4 Å². The van der Waals surface area contributed by atoms with E-state index < -0.39 is 0 Å². The third kappa shape index (κ3) is 7.84. The van der Waals surface area contributed by atoms with Gasteiger partial charge in [-0.3, -0.25) is 0 Å². The highest BCUT2D eigenvalue weighted by molar-refractivity contribution is 4.63. The molecule has 0 bridgehead atoms. The van der Waals surface area contributed by atoms with Gasteiger partial charge in [0, 0.05) is 0 Å². The van der Waals surface area contributed by atoms with Gasteiger partial charge in [0.05, 0.1) is 12.2 Å². The fourth-order valence-corrected chi connectivity index (χ4v) is 1.83. The summed E-state index contributed by atoms with van der Waals surface area (Å²) in [6.45, 7) is 13.5. The van der Waals surface area contributed by atoms with Crippen LogP contribution in [0.2, 0.25) is 0 Å². The highest BCUT2D eigenvalue weighted by Crippen LogP contribution is 2.17. The zero-order chi connectivity index (χ0) is 11.8. The lowest BCUT2D eigenvalue weighted by molar-refractivity contribution is -0.0270. The Hall–Kier alpha value is -0.0400. The first-order valence-electron chi connectivity index (χ1n) is 6.62. The average molecular weight is 214 g/mol. The number of hydrogen-bond donors (Lipinski definition) is 0. The van der Waals surface area contributed by atoms with Gasteiger partial charge in [0.1, 0.15) is 0 Å². The summed E-state index contributed by atoms with van der Waals surface area (Å²) in [6, 6.07) is 0. The Balaban J connectivity index is 3.69. The predicted molar refractivity (Wildman–Crippen MR) is 68.2 cm³/mol. The zero-order valence-electron chi connectivity index (χ0n) is 11.5. The van der Waals surface area contributed by atoms with E-state index in [-0.39, 0.29) is 0 Å². The van der Waals surface area contributed by atoms with Crippen molar-refractivity contribution in [1.82, 2.24) is 0 Å². The monoisotopic (exact) mass is 214 g/mol. The van der Waals surface area contributed by atoms with Gasteiger partial charge >= 0.3 is 0 Å². The topological polar surface area (TPSA) is 9.23 Å². The molecule has 92 valence electrons. The Morgan fingerprint density at radius 3 is 1.93 bits per heavy atom. The first-order valence-corrected chi connectivity index (χ1v) is 6.62. The van der Waals surface area contributed by atoms with Crippen LogP contribution in [0.15, 0.2) is 0 Å². The van der Waals surface area contributed by atoms with Gasteiger partial charge < -0.3 is 4.74 Å². The maximum Gasteiger partial charge on any atom is 0.0576 e. The first-order chi connectivity index (χ1) is 6.97. The minimum absolute atomic E-state index is 0.409. The van der Waals surface area contributed by atoms with Crippen molar-refractivity contribution >= 4 is 0 Å². The molecule has 0 aliphatic rings. The molecule has 0 amide bonds. The van der Waals surface area contributed by atoms with Crippen molar-refractivity contribution in [3.63, 3.8) is 0 Å². The molecule has 1 nitrogen and oxygen atoms in total. The second-order valence-electron chi connectivity index (χ2n) is 5.39. The highest BCUT2D eigenvalue weighted by Gasteiger charge is 2.15. The molecule has 3 unspecified atom stereocenters. The van der Waals surface area contributed by atoms with Gasteiger partial charge in [-0.15, -0.1) is 0 Å². The molecule has 0 radical (unpaired) electrons. The third-order valence-electron chi connectivity index (χ3n) is 3.14. The van der Waals surface area contributed by atoms with Crippen LogP contribution in [0.3, 0.4) is 0 Å². The van der Waals surface area contributed by atoms with Crippen molar-refractivity contribution in [2.75, 3.05) is 0 Å². The summed E-state index contributed by atoms with van der Waals surface area (Å²) < 4.78 is 6.02. The van der Waals surface area contributed by atoms with Gasteiger partial charge in [0.2, 0.25) is 0 Å². The molecule has 3 atom stereocenters. The normalized spacial score (nSPS) is 17.8. The molecular formula is C14H30O. The van der Waals surface area contributed by atoms with E-state index in [1.54, 1.807) is 0 Å². The summed E-state index contributed by atoms with van der Waals surface area (Å²) >= 11 is 0. The van der Waals surface area contributed by atoms with Crippen LogP contribution in [0.4, 0.5) is 0 Å². The molecule has 0 rings (SSSR count). The van der Waals surface area contributed by atoms with E-state index in [2.05, 4.69) is 41.5 Å². The lowest BCUT2D eigenvalue weighted by atomic mass is 10.00. The molecule has 0 fully saturated rings. The summed E-state index contributed by atoms with van der Waals surface area (Å²) in [5.41, 5.74) is 0. The van der Waals surface area contributed by atoms with Gasteiger partial charge in [-0.05, 0) is 44.9 Å². The molecule has 0 spiro atoms. The van der Waals surface area contributed by atoms with Crippen molar-refractivity contribution < 1.29 is 4.74 Å². The van der Waals surface area contributed by atoms with Crippen LogP contribution < -0.4 is 0 Å². The Morgan fingerprint density at radius 1 is 0.867 bits per heavy atom. The van der Waals surface area contributed by atoms with Crippen LogP contribution in [-0.2, 0) is 4.74 Å². The SMILES string of the molecule is CCCC(C)C(C)OC(C)CCC(C)C. The molecule has 0 aromatic rings. The standard InChI is InChI=1S/C14H30O/c1-7-8-12(4)14(6)15-13(5)10-9-11(2)3/h11-14H,7-10H2,1-6H3. The smallest absolute Gasteiger partial charge is 0.0576 e. The molecule has 0 saturated heterocycles. The van der Waals surface area contributed by atoms with Gasteiger partial charge in [0.25, 0.3) is 0 Å². The second kappa shape index (κ2) is 8.15. The first kappa shape index (κ1) is 15.0. The maximum absolute atomic E-state index is 6.02. The Kier molecular flexibility index (Phi) is 8.13.